The highest BCUT2D eigenvalue weighted by Gasteiger charge is 2.29. The molecule has 0 saturated heterocycles. The van der Waals surface area contributed by atoms with Gasteiger partial charge in [0.15, 0.2) is 9.84 Å². The Hall–Kier alpha value is -2.87. The molecule has 1 aliphatic heterocycles. The molecule has 0 saturated carbocycles. The summed E-state index contributed by atoms with van der Waals surface area (Å²) in [6.45, 7) is 3.88. The fourth-order valence-electron chi connectivity index (χ4n) is 3.54. The molecule has 0 aliphatic carbocycles. The first-order chi connectivity index (χ1) is 14.2. The van der Waals surface area contributed by atoms with Crippen LogP contribution in [-0.2, 0) is 32.4 Å². The van der Waals surface area contributed by atoms with Gasteiger partial charge >= 0.3 is 0 Å². The molecule has 1 atom stereocenters. The van der Waals surface area contributed by atoms with Crippen LogP contribution >= 0.6 is 0 Å². The van der Waals surface area contributed by atoms with Crippen LogP contribution in [0.3, 0.4) is 0 Å². The zero-order chi connectivity index (χ0) is 21.9. The van der Waals surface area contributed by atoms with Crippen molar-refractivity contribution in [2.24, 2.45) is 0 Å². The summed E-state index contributed by atoms with van der Waals surface area (Å²) in [7, 11) is -2.10. The molecule has 1 aliphatic rings. The molecule has 7 nitrogen and oxygen atoms in total. The molecule has 1 N–H and O–H groups in total. The summed E-state index contributed by atoms with van der Waals surface area (Å²) >= 11 is 0. The third-order valence-electron chi connectivity index (χ3n) is 5.28. The number of hydrogen-bond acceptors (Lipinski definition) is 5. The summed E-state index contributed by atoms with van der Waals surface area (Å²) in [5.74, 6) is 0.292. The summed E-state index contributed by atoms with van der Waals surface area (Å²) in [5, 5.41) is 1.89. The van der Waals surface area contributed by atoms with Crippen molar-refractivity contribution < 1.29 is 22.7 Å². The molecule has 0 aromatic heterocycles. The van der Waals surface area contributed by atoms with Crippen molar-refractivity contribution in [2.45, 2.75) is 43.4 Å². The van der Waals surface area contributed by atoms with E-state index in [1.807, 2.05) is 24.3 Å². The van der Waals surface area contributed by atoms with Crippen molar-refractivity contribution in [3.63, 3.8) is 0 Å². The number of anilines is 1. The van der Waals surface area contributed by atoms with Crippen LogP contribution in [0.25, 0.3) is 0 Å². The van der Waals surface area contributed by atoms with E-state index in [1.165, 1.54) is 19.9 Å². The second-order valence-electron chi connectivity index (χ2n) is 7.40. The molecular weight excluding hydrogens is 404 g/mol. The van der Waals surface area contributed by atoms with Crippen molar-refractivity contribution in [1.82, 2.24) is 5.32 Å². The number of nitrogens with zero attached hydrogens (tertiary/aromatic N) is 1. The normalized spacial score (nSPS) is 14.2. The van der Waals surface area contributed by atoms with Gasteiger partial charge in [0.25, 0.3) is 0 Å². The fraction of sp³-hybridized carbons (Fsp3) is 0.364. The minimum Gasteiger partial charge on any atom is -0.497 e. The van der Waals surface area contributed by atoms with Crippen LogP contribution in [0.5, 0.6) is 5.75 Å². The van der Waals surface area contributed by atoms with Gasteiger partial charge in [-0.2, -0.15) is 0 Å². The smallest absolute Gasteiger partial charge is 0.223 e. The number of methoxy groups -OCH3 is 1. The Morgan fingerprint density at radius 3 is 2.67 bits per heavy atom. The maximum Gasteiger partial charge on any atom is 0.223 e. The predicted molar refractivity (Wildman–Crippen MR) is 114 cm³/mol. The van der Waals surface area contributed by atoms with Gasteiger partial charge in [0, 0.05) is 32.1 Å². The molecule has 2 amide bonds. The van der Waals surface area contributed by atoms with E-state index in [2.05, 4.69) is 5.32 Å². The van der Waals surface area contributed by atoms with Gasteiger partial charge in [-0.25, -0.2) is 8.42 Å². The Morgan fingerprint density at radius 1 is 1.20 bits per heavy atom. The number of sulfone groups is 1. The number of rotatable bonds is 7. The van der Waals surface area contributed by atoms with Gasteiger partial charge in [-0.15, -0.1) is 0 Å². The Bertz CT molecular complexity index is 1060. The van der Waals surface area contributed by atoms with Crippen molar-refractivity contribution >= 4 is 27.3 Å². The van der Waals surface area contributed by atoms with Crippen LogP contribution in [0.15, 0.2) is 47.4 Å². The molecule has 0 spiro atoms. The second-order valence-corrected chi connectivity index (χ2v) is 9.77. The third kappa shape index (κ3) is 4.64. The minimum absolute atomic E-state index is 0.0644. The number of carbonyl (C=O) groups excluding carboxylic acids is 2. The molecule has 1 heterocycles. The Balaban J connectivity index is 1.65. The van der Waals surface area contributed by atoms with Crippen molar-refractivity contribution in [3.05, 3.63) is 53.6 Å². The number of carbonyl (C=O) groups is 2. The fourth-order valence-corrected chi connectivity index (χ4v) is 4.94. The molecule has 2 aromatic rings. The van der Waals surface area contributed by atoms with Crippen molar-refractivity contribution in [2.75, 3.05) is 18.6 Å². The number of nitrogens with one attached hydrogen (secondary N) is 1. The lowest BCUT2D eigenvalue weighted by Crippen LogP contribution is -2.29. The van der Waals surface area contributed by atoms with Gasteiger partial charge in [-0.3, -0.25) is 9.59 Å². The molecule has 3 rings (SSSR count). The van der Waals surface area contributed by atoms with Crippen molar-refractivity contribution in [3.8, 4) is 5.75 Å². The van der Waals surface area contributed by atoms with Crippen LogP contribution in [0.4, 0.5) is 5.69 Å². The van der Waals surface area contributed by atoms with E-state index < -0.39 is 15.1 Å². The van der Waals surface area contributed by atoms with E-state index in [0.717, 1.165) is 16.8 Å². The minimum atomic E-state index is -3.67. The van der Waals surface area contributed by atoms with Gasteiger partial charge in [0.2, 0.25) is 11.8 Å². The lowest BCUT2D eigenvalue weighted by Gasteiger charge is -2.16. The Kier molecular flexibility index (Phi) is 6.45. The Morgan fingerprint density at radius 2 is 1.97 bits per heavy atom. The summed E-state index contributed by atoms with van der Waals surface area (Å²) in [4.78, 5) is 25.8. The first-order valence-electron chi connectivity index (χ1n) is 9.77. The highest BCUT2D eigenvalue weighted by Crippen LogP contribution is 2.31. The monoisotopic (exact) mass is 430 g/mol. The predicted octanol–water partition coefficient (Wildman–Crippen LogP) is 2.47. The molecule has 30 heavy (non-hydrogen) atoms. The largest absolute Gasteiger partial charge is 0.497 e. The molecule has 160 valence electrons. The van der Waals surface area contributed by atoms with Gasteiger partial charge in [0.05, 0.1) is 17.3 Å². The van der Waals surface area contributed by atoms with E-state index in [-0.39, 0.29) is 23.1 Å². The molecule has 8 heteroatoms. The number of amides is 2. The van der Waals surface area contributed by atoms with Gasteiger partial charge in [0.1, 0.15) is 5.75 Å². The molecule has 0 bridgehead atoms. The first-order valence-corrected chi connectivity index (χ1v) is 11.3. The average molecular weight is 431 g/mol. The van der Waals surface area contributed by atoms with E-state index in [4.69, 9.17) is 4.74 Å². The molecule has 0 radical (unpaired) electrons. The summed E-state index contributed by atoms with van der Waals surface area (Å²) < 4.78 is 31.1. The van der Waals surface area contributed by atoms with E-state index in [0.29, 0.717) is 25.3 Å². The summed E-state index contributed by atoms with van der Waals surface area (Å²) in [6, 6.07) is 12.1. The lowest BCUT2D eigenvalue weighted by atomic mass is 10.2. The van der Waals surface area contributed by atoms with Crippen LogP contribution < -0.4 is 15.0 Å². The zero-order valence-electron chi connectivity index (χ0n) is 17.3. The van der Waals surface area contributed by atoms with Gasteiger partial charge in [-0.05, 0) is 54.8 Å². The van der Waals surface area contributed by atoms with E-state index in [9.17, 15) is 18.0 Å². The molecule has 0 unspecified atom stereocenters. The van der Waals surface area contributed by atoms with Gasteiger partial charge in [-0.1, -0.05) is 12.1 Å². The van der Waals surface area contributed by atoms with E-state index >= 15 is 0 Å². The Labute approximate surface area is 177 Å². The number of hydrogen-bond donors (Lipinski definition) is 1. The SMILES string of the molecule is COc1cccc(CNC(=O)C[C@H](C)S(=O)(=O)c2ccc3c(c2)CCN3C(C)=O)c1. The third-order valence-corrected chi connectivity index (χ3v) is 7.42. The zero-order valence-corrected chi connectivity index (χ0v) is 18.2. The first kappa shape index (κ1) is 21.8. The second kappa shape index (κ2) is 8.87. The highest BCUT2D eigenvalue weighted by molar-refractivity contribution is 7.92. The topological polar surface area (TPSA) is 92.8 Å². The molecular formula is C22H26N2O5S. The highest BCUT2D eigenvalue weighted by atomic mass is 32.2. The molecule has 2 aromatic carbocycles. The van der Waals surface area contributed by atoms with Crippen LogP contribution in [0, 0.1) is 0 Å². The average Bonchev–Trinajstić information content (AvgIpc) is 3.16. The van der Waals surface area contributed by atoms with Crippen molar-refractivity contribution in [1.29, 1.82) is 0 Å². The quantitative estimate of drug-likeness (QED) is 0.729. The van der Waals surface area contributed by atoms with Gasteiger partial charge < -0.3 is 15.0 Å². The van der Waals surface area contributed by atoms with Crippen LogP contribution in [0.2, 0.25) is 0 Å². The lowest BCUT2D eigenvalue weighted by molar-refractivity contribution is -0.121. The van der Waals surface area contributed by atoms with Crippen LogP contribution in [-0.4, -0.2) is 39.1 Å². The molecule has 0 fully saturated rings. The van der Waals surface area contributed by atoms with E-state index in [1.54, 1.807) is 24.1 Å². The maximum absolute atomic E-state index is 13.0. The number of ether oxygens (including phenoxy) is 1. The number of fused-ring (bicyclic) bond motifs is 1. The summed E-state index contributed by atoms with van der Waals surface area (Å²) in [5.41, 5.74) is 2.46. The standard InChI is InChI=1S/C22H26N2O5S/c1-15(11-22(26)23-14-17-5-4-6-19(12-17)29-3)30(27,28)20-7-8-21-18(13-20)9-10-24(21)16(2)25/h4-8,12-13,15H,9-11,14H2,1-3H3,(H,23,26)/t15-/m0/s1. The number of benzene rings is 2. The van der Waals surface area contributed by atoms with Crippen LogP contribution in [0.1, 0.15) is 31.4 Å². The maximum atomic E-state index is 13.0. The summed E-state index contributed by atoms with van der Waals surface area (Å²) in [6.07, 6.45) is 0.483.